The van der Waals surface area contributed by atoms with Gasteiger partial charge in [0.15, 0.2) is 0 Å². The van der Waals surface area contributed by atoms with E-state index in [0.29, 0.717) is 19.1 Å². The Morgan fingerprint density at radius 1 is 1.29 bits per heavy atom. The van der Waals surface area contributed by atoms with Crippen molar-refractivity contribution in [3.63, 3.8) is 0 Å². The number of ether oxygens (including phenoxy) is 1. The maximum absolute atomic E-state index is 11.9. The minimum atomic E-state index is 0.0500. The van der Waals surface area contributed by atoms with E-state index in [1.165, 1.54) is 0 Å². The highest BCUT2D eigenvalue weighted by molar-refractivity contribution is 5.77. The predicted molar refractivity (Wildman–Crippen MR) is 69.8 cm³/mol. The molecule has 0 saturated carbocycles. The first-order valence-electron chi connectivity index (χ1n) is 6.17. The van der Waals surface area contributed by atoms with Gasteiger partial charge < -0.3 is 20.3 Å². The van der Waals surface area contributed by atoms with Gasteiger partial charge in [-0.3, -0.25) is 4.79 Å². The van der Waals surface area contributed by atoms with E-state index in [4.69, 9.17) is 10.5 Å². The van der Waals surface area contributed by atoms with Gasteiger partial charge in [-0.25, -0.2) is 0 Å². The molecule has 0 unspecified atom stereocenters. The summed E-state index contributed by atoms with van der Waals surface area (Å²) in [5, 5.41) is 0. The highest BCUT2D eigenvalue weighted by Crippen LogP contribution is 2.00. The summed E-state index contributed by atoms with van der Waals surface area (Å²) < 4.78 is 5.18. The number of carbonyl (C=O) groups is 1. The summed E-state index contributed by atoms with van der Waals surface area (Å²) in [5.41, 5.74) is 5.31. The molecule has 0 aliphatic rings. The van der Waals surface area contributed by atoms with Gasteiger partial charge in [0.25, 0.3) is 0 Å². The molecule has 0 aliphatic heterocycles. The van der Waals surface area contributed by atoms with E-state index in [0.717, 1.165) is 19.6 Å². The first kappa shape index (κ1) is 16.4. The highest BCUT2D eigenvalue weighted by Gasteiger charge is 2.14. The van der Waals surface area contributed by atoms with Crippen LogP contribution in [0.1, 0.15) is 13.8 Å². The van der Waals surface area contributed by atoms with Crippen LogP contribution >= 0.6 is 0 Å². The number of nitrogens with two attached hydrogens (primary N) is 1. The van der Waals surface area contributed by atoms with E-state index in [-0.39, 0.29) is 12.5 Å². The molecule has 0 heterocycles. The summed E-state index contributed by atoms with van der Waals surface area (Å²) in [5.74, 6) is 0.518. The van der Waals surface area contributed by atoms with E-state index >= 15 is 0 Å². The summed E-state index contributed by atoms with van der Waals surface area (Å²) in [7, 11) is 4.01. The Hall–Kier alpha value is -0.650. The molecule has 0 bridgehead atoms. The quantitative estimate of drug-likeness (QED) is 0.581. The maximum atomic E-state index is 11.9. The number of hydrogen-bond acceptors (Lipinski definition) is 4. The third kappa shape index (κ3) is 9.09. The lowest BCUT2D eigenvalue weighted by molar-refractivity contribution is -0.136. The summed E-state index contributed by atoms with van der Waals surface area (Å²) in [4.78, 5) is 15.8. The Morgan fingerprint density at radius 3 is 2.41 bits per heavy atom. The van der Waals surface area contributed by atoms with Crippen molar-refractivity contribution in [2.45, 2.75) is 13.8 Å². The van der Waals surface area contributed by atoms with Gasteiger partial charge in [0.05, 0.1) is 6.61 Å². The van der Waals surface area contributed by atoms with Gasteiger partial charge in [-0.15, -0.1) is 0 Å². The van der Waals surface area contributed by atoms with Crippen LogP contribution in [0.25, 0.3) is 0 Å². The molecule has 102 valence electrons. The van der Waals surface area contributed by atoms with Crippen LogP contribution in [0.4, 0.5) is 0 Å². The largest absolute Gasteiger partial charge is 0.370 e. The van der Waals surface area contributed by atoms with Crippen molar-refractivity contribution in [3.8, 4) is 0 Å². The van der Waals surface area contributed by atoms with Crippen LogP contribution in [0.3, 0.4) is 0 Å². The van der Waals surface area contributed by atoms with Gasteiger partial charge in [-0.2, -0.15) is 0 Å². The predicted octanol–water partition coefficient (Wildman–Crippen LogP) is 0.00790. The van der Waals surface area contributed by atoms with E-state index in [2.05, 4.69) is 18.7 Å². The lowest BCUT2D eigenvalue weighted by atomic mass is 10.2. The summed E-state index contributed by atoms with van der Waals surface area (Å²) in [6.07, 6.45) is 0. The van der Waals surface area contributed by atoms with Gasteiger partial charge in [-0.05, 0) is 20.0 Å². The molecule has 17 heavy (non-hydrogen) atoms. The van der Waals surface area contributed by atoms with Gasteiger partial charge >= 0.3 is 0 Å². The third-order valence-electron chi connectivity index (χ3n) is 2.24. The number of likely N-dealkylation sites (N-methyl/N-ethyl adjacent to an activating group) is 1. The number of amides is 1. The van der Waals surface area contributed by atoms with Crippen molar-refractivity contribution in [2.75, 3.05) is 53.5 Å². The molecule has 5 heteroatoms. The van der Waals surface area contributed by atoms with Crippen molar-refractivity contribution in [1.29, 1.82) is 0 Å². The van der Waals surface area contributed by atoms with Crippen molar-refractivity contribution in [2.24, 2.45) is 11.7 Å². The van der Waals surface area contributed by atoms with Crippen LogP contribution < -0.4 is 5.73 Å². The van der Waals surface area contributed by atoms with Crippen LogP contribution in [0.5, 0.6) is 0 Å². The Kier molecular flexibility index (Phi) is 9.03. The summed E-state index contributed by atoms with van der Waals surface area (Å²) in [6.45, 7) is 7.64. The Labute approximate surface area is 105 Å². The molecule has 0 aliphatic carbocycles. The molecule has 0 spiro atoms. The average molecular weight is 245 g/mol. The van der Waals surface area contributed by atoms with E-state index < -0.39 is 0 Å². The van der Waals surface area contributed by atoms with Gasteiger partial charge in [0, 0.05) is 26.2 Å². The molecule has 0 radical (unpaired) electrons. The number of nitrogens with zero attached hydrogens (tertiary/aromatic N) is 2. The lowest BCUT2D eigenvalue weighted by Gasteiger charge is -2.26. The molecule has 0 aromatic rings. The normalized spacial score (nSPS) is 11.2. The lowest BCUT2D eigenvalue weighted by Crippen LogP contribution is -2.41. The summed E-state index contributed by atoms with van der Waals surface area (Å²) in [6, 6.07) is 0. The van der Waals surface area contributed by atoms with Crippen LogP contribution in [-0.2, 0) is 9.53 Å². The number of hydrogen-bond donors (Lipinski definition) is 1. The smallest absolute Gasteiger partial charge is 0.248 e. The van der Waals surface area contributed by atoms with Crippen molar-refractivity contribution in [3.05, 3.63) is 0 Å². The molecule has 5 nitrogen and oxygen atoms in total. The number of rotatable bonds is 9. The van der Waals surface area contributed by atoms with E-state index in [1.54, 1.807) is 0 Å². The van der Waals surface area contributed by atoms with Gasteiger partial charge in [0.2, 0.25) is 5.91 Å². The van der Waals surface area contributed by atoms with E-state index in [1.807, 2.05) is 19.0 Å². The third-order valence-corrected chi connectivity index (χ3v) is 2.24. The van der Waals surface area contributed by atoms with Gasteiger partial charge in [0.1, 0.15) is 6.61 Å². The molecule has 0 aromatic carbocycles. The molecule has 1 amide bonds. The zero-order valence-corrected chi connectivity index (χ0v) is 11.6. The SMILES string of the molecule is CC(C)CN(CCN(C)C)C(=O)COCCN. The van der Waals surface area contributed by atoms with Crippen molar-refractivity contribution >= 4 is 5.91 Å². The van der Waals surface area contributed by atoms with Crippen LogP contribution in [0.2, 0.25) is 0 Å². The fourth-order valence-corrected chi connectivity index (χ4v) is 1.41. The molecular formula is C12H27N3O2. The molecule has 0 aromatic heterocycles. The minimum Gasteiger partial charge on any atom is -0.370 e. The second-order valence-corrected chi connectivity index (χ2v) is 4.88. The average Bonchev–Trinajstić information content (AvgIpc) is 2.23. The van der Waals surface area contributed by atoms with Crippen LogP contribution in [0.15, 0.2) is 0 Å². The molecule has 0 fully saturated rings. The van der Waals surface area contributed by atoms with Gasteiger partial charge in [-0.1, -0.05) is 13.8 Å². The molecular weight excluding hydrogens is 218 g/mol. The summed E-state index contributed by atoms with van der Waals surface area (Å²) >= 11 is 0. The van der Waals surface area contributed by atoms with Crippen LogP contribution in [-0.4, -0.2) is 69.2 Å². The zero-order chi connectivity index (χ0) is 13.3. The first-order chi connectivity index (χ1) is 7.97. The maximum Gasteiger partial charge on any atom is 0.248 e. The fourth-order valence-electron chi connectivity index (χ4n) is 1.41. The van der Waals surface area contributed by atoms with Crippen molar-refractivity contribution in [1.82, 2.24) is 9.80 Å². The fraction of sp³-hybridized carbons (Fsp3) is 0.917. The second-order valence-electron chi connectivity index (χ2n) is 4.88. The van der Waals surface area contributed by atoms with E-state index in [9.17, 15) is 4.79 Å². The Morgan fingerprint density at radius 2 is 1.94 bits per heavy atom. The molecule has 0 atom stereocenters. The highest BCUT2D eigenvalue weighted by atomic mass is 16.5. The molecule has 0 saturated heterocycles. The molecule has 2 N–H and O–H groups in total. The zero-order valence-electron chi connectivity index (χ0n) is 11.6. The first-order valence-corrected chi connectivity index (χ1v) is 6.17. The second kappa shape index (κ2) is 9.39. The topological polar surface area (TPSA) is 58.8 Å². The standard InChI is InChI=1S/C12H27N3O2/c1-11(2)9-15(7-6-14(3)4)12(16)10-17-8-5-13/h11H,5-10,13H2,1-4H3. The Bertz CT molecular complexity index is 208. The van der Waals surface area contributed by atoms with Crippen molar-refractivity contribution < 1.29 is 9.53 Å². The number of carbonyl (C=O) groups excluding carboxylic acids is 1. The monoisotopic (exact) mass is 245 g/mol. The Balaban J connectivity index is 4.10. The minimum absolute atomic E-state index is 0.0500. The molecule has 0 rings (SSSR count). The van der Waals surface area contributed by atoms with Crippen LogP contribution in [0, 0.1) is 5.92 Å².